The van der Waals surface area contributed by atoms with Gasteiger partial charge in [0.05, 0.1) is 6.61 Å². The first-order chi connectivity index (χ1) is 10.3. The fourth-order valence-electron chi connectivity index (χ4n) is 3.07. The van der Waals surface area contributed by atoms with E-state index in [9.17, 15) is 0 Å². The minimum Gasteiger partial charge on any atom is -0.493 e. The van der Waals surface area contributed by atoms with Crippen LogP contribution in [0.3, 0.4) is 0 Å². The molecule has 1 N–H and O–H groups in total. The number of rotatable bonds is 4. The van der Waals surface area contributed by atoms with Gasteiger partial charge in [-0.05, 0) is 17.5 Å². The molecule has 0 spiro atoms. The first-order valence-corrected chi connectivity index (χ1v) is 7.78. The summed E-state index contributed by atoms with van der Waals surface area (Å²) in [6.45, 7) is 5.33. The summed E-state index contributed by atoms with van der Waals surface area (Å²) in [5.74, 6) is 1.57. The largest absolute Gasteiger partial charge is 0.493 e. The third kappa shape index (κ3) is 3.11. The predicted molar refractivity (Wildman–Crippen MR) is 86.5 cm³/mol. The maximum absolute atomic E-state index is 5.76. The normalized spacial score (nSPS) is 18.9. The molecule has 2 nitrogen and oxygen atoms in total. The van der Waals surface area contributed by atoms with Crippen molar-refractivity contribution in [3.05, 3.63) is 65.7 Å². The molecule has 3 rings (SSSR count). The Hall–Kier alpha value is -1.80. The van der Waals surface area contributed by atoms with Crippen molar-refractivity contribution in [1.82, 2.24) is 5.32 Å². The van der Waals surface area contributed by atoms with Gasteiger partial charge >= 0.3 is 0 Å². The van der Waals surface area contributed by atoms with E-state index in [4.69, 9.17) is 4.74 Å². The molecule has 0 amide bonds. The molecule has 0 saturated heterocycles. The Kier molecular flexibility index (Phi) is 4.26. The summed E-state index contributed by atoms with van der Waals surface area (Å²) in [5, 5.41) is 3.85. The van der Waals surface area contributed by atoms with Gasteiger partial charge in [0.25, 0.3) is 0 Å². The number of hydrogen-bond acceptors (Lipinski definition) is 2. The molecule has 2 aromatic carbocycles. The molecule has 0 fully saturated rings. The highest BCUT2D eigenvalue weighted by atomic mass is 16.5. The first kappa shape index (κ1) is 14.2. The quantitative estimate of drug-likeness (QED) is 0.891. The van der Waals surface area contributed by atoms with E-state index in [-0.39, 0.29) is 0 Å². The van der Waals surface area contributed by atoms with E-state index in [0.29, 0.717) is 18.0 Å². The van der Waals surface area contributed by atoms with Crippen molar-refractivity contribution >= 4 is 0 Å². The Morgan fingerprint density at radius 1 is 1.00 bits per heavy atom. The molecule has 110 valence electrons. The molecular formula is C19H23NO. The van der Waals surface area contributed by atoms with Gasteiger partial charge in [-0.3, -0.25) is 0 Å². The zero-order valence-corrected chi connectivity index (χ0v) is 12.8. The van der Waals surface area contributed by atoms with E-state index in [0.717, 1.165) is 18.8 Å². The van der Waals surface area contributed by atoms with Gasteiger partial charge < -0.3 is 10.1 Å². The van der Waals surface area contributed by atoms with Crippen molar-refractivity contribution < 1.29 is 4.74 Å². The molecule has 0 saturated carbocycles. The van der Waals surface area contributed by atoms with E-state index in [2.05, 4.69) is 67.7 Å². The molecule has 2 atom stereocenters. The van der Waals surface area contributed by atoms with Crippen LogP contribution in [0.2, 0.25) is 0 Å². The Labute approximate surface area is 127 Å². The topological polar surface area (TPSA) is 21.3 Å². The van der Waals surface area contributed by atoms with Crippen molar-refractivity contribution in [3.8, 4) is 5.75 Å². The molecule has 2 unspecified atom stereocenters. The van der Waals surface area contributed by atoms with Crippen LogP contribution in [0.4, 0.5) is 0 Å². The molecule has 0 bridgehead atoms. The Morgan fingerprint density at radius 3 is 2.48 bits per heavy atom. The summed E-state index contributed by atoms with van der Waals surface area (Å²) < 4.78 is 5.76. The Bertz CT molecular complexity index is 579. The lowest BCUT2D eigenvalue weighted by Gasteiger charge is -2.32. The lowest BCUT2D eigenvalue weighted by Crippen LogP contribution is -2.33. The molecule has 1 aliphatic heterocycles. The molecule has 2 heteroatoms. The van der Waals surface area contributed by atoms with Gasteiger partial charge in [0.1, 0.15) is 5.75 Å². The molecule has 1 heterocycles. The zero-order valence-electron chi connectivity index (χ0n) is 12.8. The van der Waals surface area contributed by atoms with E-state index < -0.39 is 0 Å². The van der Waals surface area contributed by atoms with Crippen molar-refractivity contribution in [3.63, 3.8) is 0 Å². The molecule has 1 aliphatic rings. The van der Waals surface area contributed by atoms with Crippen LogP contribution in [0.5, 0.6) is 5.75 Å². The van der Waals surface area contributed by atoms with Crippen LogP contribution in [0.25, 0.3) is 0 Å². The van der Waals surface area contributed by atoms with Crippen LogP contribution in [0.1, 0.15) is 43.5 Å². The lowest BCUT2D eigenvalue weighted by molar-refractivity contribution is 0.234. The molecule has 2 aromatic rings. The van der Waals surface area contributed by atoms with Gasteiger partial charge in [-0.15, -0.1) is 0 Å². The number of ether oxygens (including phenoxy) is 1. The van der Waals surface area contributed by atoms with Crippen LogP contribution in [-0.2, 0) is 0 Å². The van der Waals surface area contributed by atoms with Crippen molar-refractivity contribution in [1.29, 1.82) is 0 Å². The highest BCUT2D eigenvalue weighted by Crippen LogP contribution is 2.34. The fraction of sp³-hybridized carbons (Fsp3) is 0.368. The number of fused-ring (bicyclic) bond motifs is 1. The zero-order chi connectivity index (χ0) is 14.7. The number of nitrogens with one attached hydrogen (secondary N) is 1. The highest BCUT2D eigenvalue weighted by molar-refractivity contribution is 5.37. The summed E-state index contributed by atoms with van der Waals surface area (Å²) in [7, 11) is 0. The van der Waals surface area contributed by atoms with Crippen LogP contribution in [-0.4, -0.2) is 6.61 Å². The number of benzene rings is 2. The minimum atomic E-state index is 0.363. The van der Waals surface area contributed by atoms with Gasteiger partial charge in [0.2, 0.25) is 0 Å². The summed E-state index contributed by atoms with van der Waals surface area (Å²) in [6, 6.07) is 19.8. The van der Waals surface area contributed by atoms with Gasteiger partial charge in [-0.25, -0.2) is 0 Å². The minimum absolute atomic E-state index is 0.363. The van der Waals surface area contributed by atoms with Crippen molar-refractivity contribution in [2.45, 2.75) is 32.4 Å². The summed E-state index contributed by atoms with van der Waals surface area (Å²) in [4.78, 5) is 0. The van der Waals surface area contributed by atoms with Crippen LogP contribution >= 0.6 is 0 Å². The third-order valence-corrected chi connectivity index (χ3v) is 4.16. The molecule has 0 aromatic heterocycles. The van der Waals surface area contributed by atoms with E-state index in [1.807, 2.05) is 6.07 Å². The number of para-hydroxylation sites is 1. The van der Waals surface area contributed by atoms with Gasteiger partial charge in [-0.1, -0.05) is 62.4 Å². The Balaban J connectivity index is 1.85. The maximum Gasteiger partial charge on any atom is 0.124 e. The van der Waals surface area contributed by atoms with Crippen LogP contribution < -0.4 is 10.1 Å². The second kappa shape index (κ2) is 6.31. The average Bonchev–Trinajstić information content (AvgIpc) is 2.53. The highest BCUT2D eigenvalue weighted by Gasteiger charge is 2.25. The second-order valence-corrected chi connectivity index (χ2v) is 6.03. The molecule has 0 aliphatic carbocycles. The lowest BCUT2D eigenvalue weighted by atomic mass is 9.92. The van der Waals surface area contributed by atoms with Crippen LogP contribution in [0.15, 0.2) is 54.6 Å². The number of hydrogen-bond donors (Lipinski definition) is 1. The summed E-state index contributed by atoms with van der Waals surface area (Å²) in [5.41, 5.74) is 2.64. The van der Waals surface area contributed by atoms with E-state index in [1.54, 1.807) is 0 Å². The fourth-order valence-corrected chi connectivity index (χ4v) is 3.07. The van der Waals surface area contributed by atoms with E-state index >= 15 is 0 Å². The monoisotopic (exact) mass is 281 g/mol. The average molecular weight is 281 g/mol. The summed E-state index contributed by atoms with van der Waals surface area (Å²) in [6.07, 6.45) is 1.02. The Morgan fingerprint density at radius 2 is 1.71 bits per heavy atom. The second-order valence-electron chi connectivity index (χ2n) is 6.03. The van der Waals surface area contributed by atoms with Gasteiger partial charge in [0, 0.05) is 24.1 Å². The van der Waals surface area contributed by atoms with E-state index in [1.165, 1.54) is 11.1 Å². The summed E-state index contributed by atoms with van der Waals surface area (Å²) >= 11 is 0. The van der Waals surface area contributed by atoms with Gasteiger partial charge in [-0.2, -0.15) is 0 Å². The predicted octanol–water partition coefficient (Wildman–Crippen LogP) is 4.50. The molecule has 21 heavy (non-hydrogen) atoms. The standard InChI is InChI=1S/C19H23NO/c1-14(2)19(15-8-4-3-5-9-15)20-17-12-13-21-18-11-7-6-10-16(17)18/h3-11,14,17,19-20H,12-13H2,1-2H3. The SMILES string of the molecule is CC(C)C(NC1CCOc2ccccc21)c1ccccc1. The van der Waals surface area contributed by atoms with Gasteiger partial charge in [0.15, 0.2) is 0 Å². The van der Waals surface area contributed by atoms with Crippen LogP contribution in [0, 0.1) is 5.92 Å². The smallest absolute Gasteiger partial charge is 0.124 e. The third-order valence-electron chi connectivity index (χ3n) is 4.16. The molecule has 0 radical (unpaired) electrons. The first-order valence-electron chi connectivity index (χ1n) is 7.78. The van der Waals surface area contributed by atoms with Crippen molar-refractivity contribution in [2.75, 3.05) is 6.61 Å². The van der Waals surface area contributed by atoms with Crippen molar-refractivity contribution in [2.24, 2.45) is 5.92 Å². The molecular weight excluding hydrogens is 258 g/mol. The maximum atomic E-state index is 5.76.